The van der Waals surface area contributed by atoms with Gasteiger partial charge in [0.15, 0.2) is 5.78 Å². The second-order valence-electron chi connectivity index (χ2n) is 7.56. The van der Waals surface area contributed by atoms with Crippen LogP contribution < -0.4 is 10.1 Å². The van der Waals surface area contributed by atoms with Gasteiger partial charge in [0, 0.05) is 22.7 Å². The molecule has 0 atom stereocenters. The summed E-state index contributed by atoms with van der Waals surface area (Å²) in [6, 6.07) is 20.6. The van der Waals surface area contributed by atoms with E-state index in [0.717, 1.165) is 29.5 Å². The number of carbonyl (C=O) groups is 2. The zero-order chi connectivity index (χ0) is 21.1. The largest absolute Gasteiger partial charge is 0.494 e. The maximum atomic E-state index is 12.8. The molecule has 3 aromatic carbocycles. The quantitative estimate of drug-likeness (QED) is 0.570. The average Bonchev–Trinajstić information content (AvgIpc) is 3.58. The third-order valence-electron chi connectivity index (χ3n) is 5.26. The van der Waals surface area contributed by atoms with E-state index in [4.69, 9.17) is 4.74 Å². The summed E-state index contributed by atoms with van der Waals surface area (Å²) < 4.78 is 5.32. The minimum Gasteiger partial charge on any atom is -0.494 e. The minimum atomic E-state index is -0.0444. The van der Waals surface area contributed by atoms with Crippen LogP contribution in [0.25, 0.3) is 11.1 Å². The number of ketones is 1. The van der Waals surface area contributed by atoms with Crippen molar-refractivity contribution in [3.63, 3.8) is 0 Å². The molecule has 1 N–H and O–H groups in total. The number of benzene rings is 3. The van der Waals surface area contributed by atoms with Crippen LogP contribution in [0.2, 0.25) is 0 Å². The molecule has 0 unspecified atom stereocenters. The van der Waals surface area contributed by atoms with Crippen molar-refractivity contribution in [2.24, 2.45) is 0 Å². The SMILES string of the molecule is [CH2]COc1ccc(C(=O)c2ccc(-c3cc(C(=O)NC4CC4)ccc3C)cc2)cc1. The molecule has 30 heavy (non-hydrogen) atoms. The number of nitrogens with one attached hydrogen (secondary N) is 1. The van der Waals surface area contributed by atoms with Gasteiger partial charge in [0.1, 0.15) is 5.75 Å². The van der Waals surface area contributed by atoms with Crippen molar-refractivity contribution in [1.29, 1.82) is 0 Å². The Bertz CT molecular complexity index is 1060. The summed E-state index contributed by atoms with van der Waals surface area (Å²) in [7, 11) is 0. The topological polar surface area (TPSA) is 55.4 Å². The van der Waals surface area contributed by atoms with Crippen LogP contribution in [0.1, 0.15) is 44.7 Å². The van der Waals surface area contributed by atoms with E-state index in [1.54, 1.807) is 24.3 Å². The molecule has 0 aliphatic heterocycles. The number of carbonyl (C=O) groups excluding carboxylic acids is 2. The first-order valence-corrected chi connectivity index (χ1v) is 10.1. The number of aryl methyl sites for hydroxylation is 1. The molecule has 0 bridgehead atoms. The van der Waals surface area contributed by atoms with Gasteiger partial charge in [0.05, 0.1) is 6.61 Å². The summed E-state index contributed by atoms with van der Waals surface area (Å²) in [5.74, 6) is 0.617. The summed E-state index contributed by atoms with van der Waals surface area (Å²) in [6.07, 6.45) is 2.12. The number of ether oxygens (including phenoxy) is 1. The summed E-state index contributed by atoms with van der Waals surface area (Å²) in [5, 5.41) is 3.03. The van der Waals surface area contributed by atoms with Crippen LogP contribution >= 0.6 is 0 Å². The van der Waals surface area contributed by atoms with Gasteiger partial charge >= 0.3 is 0 Å². The average molecular weight is 398 g/mol. The Morgan fingerprint density at radius 2 is 1.53 bits per heavy atom. The van der Waals surface area contributed by atoms with Gasteiger partial charge in [-0.3, -0.25) is 9.59 Å². The van der Waals surface area contributed by atoms with Crippen molar-refractivity contribution in [2.75, 3.05) is 6.61 Å². The van der Waals surface area contributed by atoms with Gasteiger partial charge in [-0.15, -0.1) is 0 Å². The van der Waals surface area contributed by atoms with E-state index >= 15 is 0 Å². The van der Waals surface area contributed by atoms with Crippen molar-refractivity contribution in [3.8, 4) is 16.9 Å². The number of hydrogen-bond donors (Lipinski definition) is 1. The molecule has 1 radical (unpaired) electrons. The van der Waals surface area contributed by atoms with E-state index in [1.807, 2.05) is 49.4 Å². The number of amides is 1. The lowest BCUT2D eigenvalue weighted by Crippen LogP contribution is -2.25. The minimum absolute atomic E-state index is 0.0307. The molecule has 4 rings (SSSR count). The van der Waals surface area contributed by atoms with E-state index in [-0.39, 0.29) is 11.7 Å². The number of rotatable bonds is 7. The van der Waals surface area contributed by atoms with E-state index in [2.05, 4.69) is 12.2 Å². The van der Waals surface area contributed by atoms with E-state index in [1.165, 1.54) is 0 Å². The molecule has 1 amide bonds. The summed E-state index contributed by atoms with van der Waals surface area (Å²) in [5.41, 5.74) is 4.93. The predicted octanol–water partition coefficient (Wildman–Crippen LogP) is 5.00. The summed E-state index contributed by atoms with van der Waals surface area (Å²) >= 11 is 0. The lowest BCUT2D eigenvalue weighted by Gasteiger charge is -2.11. The molecule has 3 aromatic rings. The van der Waals surface area contributed by atoms with Crippen molar-refractivity contribution in [3.05, 3.63) is 95.9 Å². The zero-order valence-electron chi connectivity index (χ0n) is 17.0. The van der Waals surface area contributed by atoms with Crippen LogP contribution in [0.4, 0.5) is 0 Å². The van der Waals surface area contributed by atoms with Crippen molar-refractivity contribution in [1.82, 2.24) is 5.32 Å². The predicted molar refractivity (Wildman–Crippen MR) is 118 cm³/mol. The summed E-state index contributed by atoms with van der Waals surface area (Å²) in [4.78, 5) is 25.2. The van der Waals surface area contributed by atoms with Crippen LogP contribution in [-0.2, 0) is 0 Å². The van der Waals surface area contributed by atoms with Gasteiger partial charge < -0.3 is 10.1 Å². The van der Waals surface area contributed by atoms with Crippen molar-refractivity contribution in [2.45, 2.75) is 25.8 Å². The smallest absolute Gasteiger partial charge is 0.251 e. The summed E-state index contributed by atoms with van der Waals surface area (Å²) in [6.45, 7) is 6.01. The molecule has 1 saturated carbocycles. The molecule has 151 valence electrons. The molecule has 0 saturated heterocycles. The molecule has 1 aliphatic carbocycles. The standard InChI is InChI=1S/C26H24NO3/c1-3-30-23-14-10-20(11-15-23)25(28)19-8-6-18(7-9-19)24-16-21(5-4-17(24)2)26(29)27-22-12-13-22/h4-11,14-16,22H,1,3,12-13H2,2H3,(H,27,29). The first-order valence-electron chi connectivity index (χ1n) is 10.1. The molecule has 0 aromatic heterocycles. The van der Waals surface area contributed by atoms with Crippen LogP contribution in [0.15, 0.2) is 66.7 Å². The zero-order valence-corrected chi connectivity index (χ0v) is 17.0. The Kier molecular flexibility index (Phi) is 5.66. The second-order valence-corrected chi connectivity index (χ2v) is 7.56. The fourth-order valence-corrected chi connectivity index (χ4v) is 3.36. The van der Waals surface area contributed by atoms with Crippen LogP contribution in [0.3, 0.4) is 0 Å². The normalized spacial score (nSPS) is 13.0. The maximum absolute atomic E-state index is 12.8. The van der Waals surface area contributed by atoms with Gasteiger partial charge in [0.2, 0.25) is 0 Å². The fourth-order valence-electron chi connectivity index (χ4n) is 3.36. The van der Waals surface area contributed by atoms with Crippen LogP contribution in [0.5, 0.6) is 5.75 Å². The molecular weight excluding hydrogens is 374 g/mol. The van der Waals surface area contributed by atoms with E-state index in [9.17, 15) is 9.59 Å². The van der Waals surface area contributed by atoms with Gasteiger partial charge in [-0.2, -0.15) is 0 Å². The second kappa shape index (κ2) is 8.54. The van der Waals surface area contributed by atoms with E-state index < -0.39 is 0 Å². The first-order chi connectivity index (χ1) is 14.5. The van der Waals surface area contributed by atoms with Crippen LogP contribution in [0, 0.1) is 13.8 Å². The number of hydrogen-bond acceptors (Lipinski definition) is 3. The molecule has 4 heteroatoms. The van der Waals surface area contributed by atoms with Gasteiger partial charge in [-0.05, 0) is 79.8 Å². The van der Waals surface area contributed by atoms with Gasteiger partial charge in [-0.1, -0.05) is 30.3 Å². The Balaban J connectivity index is 1.54. The molecule has 1 fully saturated rings. The highest BCUT2D eigenvalue weighted by Crippen LogP contribution is 2.27. The van der Waals surface area contributed by atoms with Crippen molar-refractivity contribution < 1.29 is 14.3 Å². The molecule has 0 spiro atoms. The third kappa shape index (κ3) is 4.43. The molecular formula is C26H24NO3. The Hall–Kier alpha value is -3.40. The van der Waals surface area contributed by atoms with Gasteiger partial charge in [-0.25, -0.2) is 0 Å². The lowest BCUT2D eigenvalue weighted by atomic mass is 9.95. The fraction of sp³-hybridized carbons (Fsp3) is 0.192. The van der Waals surface area contributed by atoms with Crippen LogP contribution in [-0.4, -0.2) is 24.3 Å². The molecule has 0 heterocycles. The van der Waals surface area contributed by atoms with E-state index in [0.29, 0.717) is 35.1 Å². The molecule has 1 aliphatic rings. The third-order valence-corrected chi connectivity index (χ3v) is 5.26. The Morgan fingerprint density at radius 1 is 0.933 bits per heavy atom. The highest BCUT2D eigenvalue weighted by molar-refractivity contribution is 6.09. The van der Waals surface area contributed by atoms with Gasteiger partial charge in [0.25, 0.3) is 5.91 Å². The maximum Gasteiger partial charge on any atom is 0.251 e. The highest BCUT2D eigenvalue weighted by atomic mass is 16.5. The Labute approximate surface area is 176 Å². The monoisotopic (exact) mass is 398 g/mol. The lowest BCUT2D eigenvalue weighted by molar-refractivity contribution is 0.0950. The molecule has 4 nitrogen and oxygen atoms in total. The first kappa shape index (κ1) is 19.9. The van der Waals surface area contributed by atoms with Crippen molar-refractivity contribution >= 4 is 11.7 Å². The highest BCUT2D eigenvalue weighted by Gasteiger charge is 2.24. The Morgan fingerprint density at radius 3 is 2.13 bits per heavy atom.